The monoisotopic (exact) mass is 276 g/mol. The third kappa shape index (κ3) is 2.17. The van der Waals surface area contributed by atoms with Crippen LogP contribution in [0.25, 0.3) is 0 Å². The van der Waals surface area contributed by atoms with Crippen LogP contribution < -0.4 is 5.73 Å². The molecular weight excluding hydrogens is 255 g/mol. The van der Waals surface area contributed by atoms with Gasteiger partial charge in [0.05, 0.1) is 5.56 Å². The van der Waals surface area contributed by atoms with Gasteiger partial charge in [0, 0.05) is 18.3 Å². The van der Waals surface area contributed by atoms with Gasteiger partial charge in [0.1, 0.15) is 5.82 Å². The summed E-state index contributed by atoms with van der Waals surface area (Å²) in [6.45, 7) is 2.39. The van der Waals surface area contributed by atoms with Gasteiger partial charge in [0.2, 0.25) is 0 Å². The Morgan fingerprint density at radius 2 is 2.05 bits per heavy atom. The summed E-state index contributed by atoms with van der Waals surface area (Å²) in [6.07, 6.45) is 5.66. The van der Waals surface area contributed by atoms with E-state index in [-0.39, 0.29) is 11.5 Å². The molecule has 0 aromatic heterocycles. The minimum Gasteiger partial charge on any atom is -0.399 e. The highest BCUT2D eigenvalue weighted by molar-refractivity contribution is 5.96. The third-order valence-corrected chi connectivity index (χ3v) is 4.76. The van der Waals surface area contributed by atoms with Crippen LogP contribution >= 0.6 is 0 Å². The molecule has 108 valence electrons. The van der Waals surface area contributed by atoms with Crippen LogP contribution in [0.4, 0.5) is 10.1 Å². The predicted octanol–water partition coefficient (Wildman–Crippen LogP) is 3.12. The number of anilines is 1. The zero-order chi connectivity index (χ0) is 14.3. The van der Waals surface area contributed by atoms with Gasteiger partial charge in [-0.2, -0.15) is 0 Å². The Morgan fingerprint density at radius 1 is 1.30 bits per heavy atom. The number of nitrogen functional groups attached to an aromatic ring is 1. The van der Waals surface area contributed by atoms with Crippen molar-refractivity contribution in [2.24, 2.45) is 5.92 Å². The largest absolute Gasteiger partial charge is 0.399 e. The van der Waals surface area contributed by atoms with E-state index in [1.165, 1.54) is 25.3 Å². The second-order valence-corrected chi connectivity index (χ2v) is 6.10. The van der Waals surface area contributed by atoms with Crippen molar-refractivity contribution < 1.29 is 9.18 Å². The summed E-state index contributed by atoms with van der Waals surface area (Å²) in [6, 6.07) is 3.35. The van der Waals surface area contributed by atoms with Crippen molar-refractivity contribution in [3.05, 3.63) is 29.1 Å². The molecule has 1 heterocycles. The molecule has 1 aromatic carbocycles. The van der Waals surface area contributed by atoms with E-state index >= 15 is 0 Å². The number of aryl methyl sites for hydroxylation is 1. The first-order chi connectivity index (χ1) is 9.58. The first-order valence-corrected chi connectivity index (χ1v) is 7.44. The number of amides is 1. The summed E-state index contributed by atoms with van der Waals surface area (Å²) < 4.78 is 14.2. The van der Waals surface area contributed by atoms with E-state index in [9.17, 15) is 9.18 Å². The van der Waals surface area contributed by atoms with Gasteiger partial charge in [-0.05, 0) is 56.2 Å². The summed E-state index contributed by atoms with van der Waals surface area (Å²) in [7, 11) is 0. The van der Waals surface area contributed by atoms with Gasteiger partial charge < -0.3 is 10.6 Å². The van der Waals surface area contributed by atoms with Crippen molar-refractivity contribution in [3.8, 4) is 0 Å². The SMILES string of the molecule is Cc1cc(N)cc(C(=O)N2CCCC3CCCC32)c1F. The van der Waals surface area contributed by atoms with Crippen LogP contribution in [-0.2, 0) is 0 Å². The maximum atomic E-state index is 14.2. The van der Waals surface area contributed by atoms with E-state index in [1.54, 1.807) is 13.0 Å². The molecule has 1 saturated carbocycles. The Labute approximate surface area is 118 Å². The minimum absolute atomic E-state index is 0.134. The lowest BCUT2D eigenvalue weighted by molar-refractivity contribution is 0.0543. The summed E-state index contributed by atoms with van der Waals surface area (Å²) >= 11 is 0. The molecule has 2 N–H and O–H groups in total. The maximum absolute atomic E-state index is 14.2. The topological polar surface area (TPSA) is 46.3 Å². The highest BCUT2D eigenvalue weighted by atomic mass is 19.1. The molecule has 1 aromatic rings. The summed E-state index contributed by atoms with van der Waals surface area (Å²) in [5.41, 5.74) is 6.79. The molecule has 1 amide bonds. The van der Waals surface area contributed by atoms with Gasteiger partial charge in [-0.1, -0.05) is 6.42 Å². The minimum atomic E-state index is -0.427. The van der Waals surface area contributed by atoms with Crippen LogP contribution in [0.3, 0.4) is 0 Å². The highest BCUT2D eigenvalue weighted by Crippen LogP contribution is 2.37. The molecule has 2 fully saturated rings. The number of rotatable bonds is 1. The van der Waals surface area contributed by atoms with Crippen LogP contribution in [0.5, 0.6) is 0 Å². The van der Waals surface area contributed by atoms with Gasteiger partial charge >= 0.3 is 0 Å². The van der Waals surface area contributed by atoms with Crippen LogP contribution in [0.15, 0.2) is 12.1 Å². The fourth-order valence-corrected chi connectivity index (χ4v) is 3.81. The molecule has 0 spiro atoms. The van der Waals surface area contributed by atoms with Crippen LogP contribution in [0, 0.1) is 18.7 Å². The van der Waals surface area contributed by atoms with E-state index in [1.807, 2.05) is 4.90 Å². The second-order valence-electron chi connectivity index (χ2n) is 6.10. The number of nitrogens with zero attached hydrogens (tertiary/aromatic N) is 1. The fraction of sp³-hybridized carbons (Fsp3) is 0.562. The lowest BCUT2D eigenvalue weighted by atomic mass is 9.91. The molecule has 20 heavy (non-hydrogen) atoms. The quantitative estimate of drug-likeness (QED) is 0.801. The van der Waals surface area contributed by atoms with Crippen LogP contribution in [0.2, 0.25) is 0 Å². The first-order valence-electron chi connectivity index (χ1n) is 7.44. The predicted molar refractivity (Wildman–Crippen MR) is 76.9 cm³/mol. The molecule has 1 saturated heterocycles. The Bertz CT molecular complexity index is 544. The standard InChI is InChI=1S/C16H21FN2O/c1-10-8-12(18)9-13(15(10)17)16(20)19-7-3-5-11-4-2-6-14(11)19/h8-9,11,14H,2-7,18H2,1H3. The molecule has 2 unspecified atom stereocenters. The Balaban J connectivity index is 1.92. The molecule has 3 nitrogen and oxygen atoms in total. The van der Waals surface area contributed by atoms with Gasteiger partial charge in [-0.3, -0.25) is 4.79 Å². The average Bonchev–Trinajstić information content (AvgIpc) is 2.90. The van der Waals surface area contributed by atoms with Crippen molar-refractivity contribution in [3.63, 3.8) is 0 Å². The average molecular weight is 276 g/mol. The number of fused-ring (bicyclic) bond motifs is 1. The van der Waals surface area contributed by atoms with Crippen molar-refractivity contribution in [2.75, 3.05) is 12.3 Å². The number of nitrogens with two attached hydrogens (primary N) is 1. The summed E-state index contributed by atoms with van der Waals surface area (Å²) in [5, 5.41) is 0. The summed E-state index contributed by atoms with van der Waals surface area (Å²) in [4.78, 5) is 14.6. The number of hydrogen-bond acceptors (Lipinski definition) is 2. The van der Waals surface area contributed by atoms with Crippen LogP contribution in [-0.4, -0.2) is 23.4 Å². The normalized spacial score (nSPS) is 25.6. The smallest absolute Gasteiger partial charge is 0.257 e. The third-order valence-electron chi connectivity index (χ3n) is 4.76. The van der Waals surface area contributed by atoms with E-state index in [0.717, 1.165) is 19.4 Å². The van der Waals surface area contributed by atoms with Crippen molar-refractivity contribution in [2.45, 2.75) is 45.1 Å². The lowest BCUT2D eigenvalue weighted by Gasteiger charge is -2.38. The second kappa shape index (κ2) is 5.08. The number of hydrogen-bond donors (Lipinski definition) is 1. The molecule has 0 radical (unpaired) electrons. The van der Waals surface area contributed by atoms with Crippen molar-refractivity contribution in [1.29, 1.82) is 0 Å². The highest BCUT2D eigenvalue weighted by Gasteiger charge is 2.38. The van der Waals surface area contributed by atoms with Crippen molar-refractivity contribution in [1.82, 2.24) is 4.90 Å². The fourth-order valence-electron chi connectivity index (χ4n) is 3.81. The number of likely N-dealkylation sites (tertiary alicyclic amines) is 1. The number of benzene rings is 1. The van der Waals surface area contributed by atoms with E-state index in [4.69, 9.17) is 5.73 Å². The molecule has 4 heteroatoms. The zero-order valence-corrected chi connectivity index (χ0v) is 11.9. The molecule has 2 atom stereocenters. The molecule has 2 aliphatic rings. The molecule has 1 aliphatic carbocycles. The van der Waals surface area contributed by atoms with E-state index in [2.05, 4.69) is 0 Å². The summed E-state index contributed by atoms with van der Waals surface area (Å²) in [5.74, 6) is -0.00302. The van der Waals surface area contributed by atoms with Gasteiger partial charge in [0.15, 0.2) is 0 Å². The van der Waals surface area contributed by atoms with Gasteiger partial charge in [-0.25, -0.2) is 4.39 Å². The molecule has 1 aliphatic heterocycles. The maximum Gasteiger partial charge on any atom is 0.257 e. The number of carbonyl (C=O) groups excluding carboxylic acids is 1. The first kappa shape index (κ1) is 13.4. The Hall–Kier alpha value is -1.58. The van der Waals surface area contributed by atoms with Crippen LogP contribution in [0.1, 0.15) is 48.0 Å². The van der Waals surface area contributed by atoms with E-state index < -0.39 is 5.82 Å². The molecule has 0 bridgehead atoms. The van der Waals surface area contributed by atoms with Crippen molar-refractivity contribution >= 4 is 11.6 Å². The van der Waals surface area contributed by atoms with E-state index in [0.29, 0.717) is 23.2 Å². The number of halogens is 1. The molecular formula is C16H21FN2O. The van der Waals surface area contributed by atoms with Gasteiger partial charge in [0.25, 0.3) is 5.91 Å². The zero-order valence-electron chi connectivity index (χ0n) is 11.9. The molecule has 3 rings (SSSR count). The Morgan fingerprint density at radius 3 is 2.85 bits per heavy atom. The number of piperidine rings is 1. The Kier molecular flexibility index (Phi) is 3.40. The van der Waals surface area contributed by atoms with Gasteiger partial charge in [-0.15, -0.1) is 0 Å². The lowest BCUT2D eigenvalue weighted by Crippen LogP contribution is -2.46. The number of carbonyl (C=O) groups is 1.